The number of ketones is 1. The molecule has 1 N–H and O–H groups in total. The number of anilines is 1. The molecule has 0 atom stereocenters. The van der Waals surface area contributed by atoms with Gasteiger partial charge in [-0.05, 0) is 62.7 Å². The van der Waals surface area contributed by atoms with Crippen LogP contribution in [0.2, 0.25) is 0 Å². The molecule has 2 aromatic carbocycles. The zero-order valence-electron chi connectivity index (χ0n) is 14.8. The first-order chi connectivity index (χ1) is 12.0. The Morgan fingerprint density at radius 1 is 0.920 bits per heavy atom. The Kier molecular flexibility index (Phi) is 6.57. The predicted octanol–water partition coefficient (Wildman–Crippen LogP) is 3.87. The van der Waals surface area contributed by atoms with Crippen LogP contribution < -0.4 is 14.8 Å². The van der Waals surface area contributed by atoms with Gasteiger partial charge < -0.3 is 14.8 Å². The van der Waals surface area contributed by atoms with Crippen LogP contribution in [0.15, 0.2) is 42.5 Å². The third-order valence-corrected chi connectivity index (χ3v) is 3.55. The molecule has 0 fully saturated rings. The summed E-state index contributed by atoms with van der Waals surface area (Å²) >= 11 is 0. The second-order valence-electron chi connectivity index (χ2n) is 5.51. The second kappa shape index (κ2) is 8.87. The van der Waals surface area contributed by atoms with Crippen LogP contribution in [-0.4, -0.2) is 24.9 Å². The van der Waals surface area contributed by atoms with E-state index in [2.05, 4.69) is 5.32 Å². The van der Waals surface area contributed by atoms with Gasteiger partial charge in [0.2, 0.25) is 5.91 Å². The molecule has 0 radical (unpaired) electrons. The predicted molar refractivity (Wildman–Crippen MR) is 97.6 cm³/mol. The molecule has 0 spiro atoms. The van der Waals surface area contributed by atoms with Crippen LogP contribution in [0.4, 0.5) is 5.69 Å². The molecule has 132 valence electrons. The summed E-state index contributed by atoms with van der Waals surface area (Å²) in [5.74, 6) is 1.17. The summed E-state index contributed by atoms with van der Waals surface area (Å²) in [6.07, 6.45) is 0.223. The lowest BCUT2D eigenvalue weighted by Crippen LogP contribution is -2.14. The Bertz CT molecular complexity index is 738. The van der Waals surface area contributed by atoms with Crippen molar-refractivity contribution in [1.82, 2.24) is 0 Å². The largest absolute Gasteiger partial charge is 0.490 e. The molecule has 5 heteroatoms. The summed E-state index contributed by atoms with van der Waals surface area (Å²) in [5, 5.41) is 2.83. The van der Waals surface area contributed by atoms with E-state index in [4.69, 9.17) is 9.47 Å². The number of carbonyl (C=O) groups excluding carboxylic acids is 2. The van der Waals surface area contributed by atoms with Crippen molar-refractivity contribution < 1.29 is 19.1 Å². The van der Waals surface area contributed by atoms with E-state index in [1.54, 1.807) is 24.3 Å². The first-order valence-corrected chi connectivity index (χ1v) is 8.32. The lowest BCUT2D eigenvalue weighted by atomic mass is 10.1. The molecule has 25 heavy (non-hydrogen) atoms. The Morgan fingerprint density at radius 3 is 2.16 bits per heavy atom. The molecule has 1 amide bonds. The van der Waals surface area contributed by atoms with Crippen molar-refractivity contribution in [3.05, 3.63) is 53.6 Å². The molecule has 2 rings (SSSR count). The third-order valence-electron chi connectivity index (χ3n) is 3.55. The summed E-state index contributed by atoms with van der Waals surface area (Å²) in [4.78, 5) is 23.5. The van der Waals surface area contributed by atoms with E-state index in [0.717, 1.165) is 5.56 Å². The van der Waals surface area contributed by atoms with Gasteiger partial charge in [-0.15, -0.1) is 0 Å². The smallest absolute Gasteiger partial charge is 0.228 e. The Morgan fingerprint density at radius 2 is 1.56 bits per heavy atom. The van der Waals surface area contributed by atoms with Crippen molar-refractivity contribution in [1.29, 1.82) is 0 Å². The Labute approximate surface area is 148 Å². The van der Waals surface area contributed by atoms with E-state index in [1.165, 1.54) is 6.92 Å². The highest BCUT2D eigenvalue weighted by atomic mass is 16.5. The maximum Gasteiger partial charge on any atom is 0.228 e. The minimum absolute atomic E-state index is 0.00396. The Balaban J connectivity index is 2.04. The van der Waals surface area contributed by atoms with Crippen molar-refractivity contribution >= 4 is 17.4 Å². The number of hydrogen-bond acceptors (Lipinski definition) is 4. The minimum atomic E-state index is -0.137. The molecule has 0 saturated heterocycles. The standard InChI is InChI=1S/C20H23NO4/c1-4-24-18-11-6-15(12-19(18)25-5-2)13-20(23)21-17-9-7-16(8-10-17)14(3)22/h6-12H,4-5,13H2,1-3H3,(H,21,23). The fourth-order valence-electron chi connectivity index (χ4n) is 2.38. The van der Waals surface area contributed by atoms with Gasteiger partial charge >= 0.3 is 0 Å². The first kappa shape index (κ1) is 18.5. The van der Waals surface area contributed by atoms with Crippen LogP contribution in [0.5, 0.6) is 11.5 Å². The lowest BCUT2D eigenvalue weighted by molar-refractivity contribution is -0.115. The number of nitrogens with one attached hydrogen (secondary N) is 1. The number of carbonyl (C=O) groups is 2. The molecule has 0 aliphatic rings. The zero-order chi connectivity index (χ0) is 18.2. The van der Waals surface area contributed by atoms with Gasteiger partial charge in [0, 0.05) is 11.3 Å². The first-order valence-electron chi connectivity index (χ1n) is 8.32. The fraction of sp³-hybridized carbons (Fsp3) is 0.300. The quantitative estimate of drug-likeness (QED) is 0.740. The normalized spacial score (nSPS) is 10.2. The van der Waals surface area contributed by atoms with Gasteiger partial charge in [-0.1, -0.05) is 6.07 Å². The van der Waals surface area contributed by atoms with Crippen LogP contribution >= 0.6 is 0 Å². The average molecular weight is 341 g/mol. The lowest BCUT2D eigenvalue weighted by Gasteiger charge is -2.12. The highest BCUT2D eigenvalue weighted by Gasteiger charge is 2.10. The molecule has 0 unspecified atom stereocenters. The summed E-state index contributed by atoms with van der Waals surface area (Å²) in [6, 6.07) is 12.3. The van der Waals surface area contributed by atoms with E-state index in [9.17, 15) is 9.59 Å². The third kappa shape index (κ3) is 5.35. The molecule has 0 heterocycles. The highest BCUT2D eigenvalue weighted by molar-refractivity contribution is 5.96. The highest BCUT2D eigenvalue weighted by Crippen LogP contribution is 2.28. The molecule has 5 nitrogen and oxygen atoms in total. The zero-order valence-corrected chi connectivity index (χ0v) is 14.8. The van der Waals surface area contributed by atoms with Gasteiger partial charge in [-0.25, -0.2) is 0 Å². The summed E-state index contributed by atoms with van der Waals surface area (Å²) < 4.78 is 11.1. The minimum Gasteiger partial charge on any atom is -0.490 e. The van der Waals surface area contributed by atoms with Gasteiger partial charge in [0.25, 0.3) is 0 Å². The summed E-state index contributed by atoms with van der Waals surface area (Å²) in [6.45, 7) is 6.40. The van der Waals surface area contributed by atoms with Gasteiger partial charge in [-0.2, -0.15) is 0 Å². The van der Waals surface area contributed by atoms with E-state index < -0.39 is 0 Å². The van der Waals surface area contributed by atoms with E-state index in [0.29, 0.717) is 36.0 Å². The molecule has 0 saturated carbocycles. The summed E-state index contributed by atoms with van der Waals surface area (Å²) in [5.41, 5.74) is 2.11. The molecule has 0 aromatic heterocycles. The number of hydrogen-bond donors (Lipinski definition) is 1. The SMILES string of the molecule is CCOc1ccc(CC(=O)Nc2ccc(C(C)=O)cc2)cc1OCC. The van der Waals surface area contributed by atoms with Gasteiger partial charge in [-0.3, -0.25) is 9.59 Å². The van der Waals surface area contributed by atoms with Crippen molar-refractivity contribution in [2.24, 2.45) is 0 Å². The van der Waals surface area contributed by atoms with Gasteiger partial charge in [0.1, 0.15) is 0 Å². The number of ether oxygens (including phenoxy) is 2. The van der Waals surface area contributed by atoms with E-state index in [1.807, 2.05) is 32.0 Å². The van der Waals surface area contributed by atoms with Crippen LogP contribution in [0.1, 0.15) is 36.7 Å². The van der Waals surface area contributed by atoms with Gasteiger partial charge in [0.05, 0.1) is 19.6 Å². The summed E-state index contributed by atoms with van der Waals surface area (Å²) in [7, 11) is 0. The molecule has 0 aliphatic carbocycles. The second-order valence-corrected chi connectivity index (χ2v) is 5.51. The van der Waals surface area contributed by atoms with E-state index >= 15 is 0 Å². The van der Waals surface area contributed by atoms with Crippen LogP contribution in [-0.2, 0) is 11.2 Å². The Hall–Kier alpha value is -2.82. The molecule has 2 aromatic rings. The van der Waals surface area contributed by atoms with Crippen LogP contribution in [0, 0.1) is 0 Å². The van der Waals surface area contributed by atoms with Crippen LogP contribution in [0.3, 0.4) is 0 Å². The number of rotatable bonds is 8. The van der Waals surface area contributed by atoms with Crippen molar-refractivity contribution in [2.45, 2.75) is 27.2 Å². The number of Topliss-reactive ketones (excluding diaryl/α,β-unsaturated/α-hetero) is 1. The number of amides is 1. The maximum absolute atomic E-state index is 12.2. The molecular formula is C20H23NO4. The van der Waals surface area contributed by atoms with Crippen LogP contribution in [0.25, 0.3) is 0 Å². The molecule has 0 aliphatic heterocycles. The monoisotopic (exact) mass is 341 g/mol. The van der Waals surface area contributed by atoms with Crippen molar-refractivity contribution in [3.8, 4) is 11.5 Å². The maximum atomic E-state index is 12.2. The van der Waals surface area contributed by atoms with Gasteiger partial charge in [0.15, 0.2) is 17.3 Å². The van der Waals surface area contributed by atoms with E-state index in [-0.39, 0.29) is 18.1 Å². The number of benzene rings is 2. The molecule has 0 bridgehead atoms. The van der Waals surface area contributed by atoms with Crippen molar-refractivity contribution in [2.75, 3.05) is 18.5 Å². The molecular weight excluding hydrogens is 318 g/mol. The topological polar surface area (TPSA) is 64.6 Å². The average Bonchev–Trinajstić information content (AvgIpc) is 2.58. The van der Waals surface area contributed by atoms with Crippen molar-refractivity contribution in [3.63, 3.8) is 0 Å². The fourth-order valence-corrected chi connectivity index (χ4v) is 2.38.